The quantitative estimate of drug-likeness (QED) is 0.516. The minimum Gasteiger partial charge on any atom is -0.346 e. The van der Waals surface area contributed by atoms with Gasteiger partial charge in [-0.05, 0) is 17.2 Å². The van der Waals surface area contributed by atoms with Crippen LogP contribution in [-0.4, -0.2) is 34.9 Å². The lowest BCUT2D eigenvalue weighted by Gasteiger charge is -2.45. The summed E-state index contributed by atoms with van der Waals surface area (Å²) in [5.41, 5.74) is 2.32. The molecule has 0 atom stereocenters. The maximum atomic E-state index is 12.6. The molecule has 1 amide bonds. The number of rotatable bonds is 6. The summed E-state index contributed by atoms with van der Waals surface area (Å²) < 4.78 is 0. The maximum absolute atomic E-state index is 12.6. The Morgan fingerprint density at radius 2 is 1.41 bits per heavy atom. The SMILES string of the molecule is O=C(NC1CN(C(c2ccccc2)c2ccccc2)C1)c1ccccc1[N+](=O)[O-]. The molecule has 0 unspecified atom stereocenters. The normalized spacial score (nSPS) is 14.4. The van der Waals surface area contributed by atoms with E-state index in [1.807, 2.05) is 36.4 Å². The highest BCUT2D eigenvalue weighted by Gasteiger charge is 2.35. The van der Waals surface area contributed by atoms with Crippen LogP contribution in [0.2, 0.25) is 0 Å². The summed E-state index contributed by atoms with van der Waals surface area (Å²) in [5, 5.41) is 14.1. The lowest BCUT2D eigenvalue weighted by Crippen LogP contribution is -2.60. The van der Waals surface area contributed by atoms with Crippen LogP contribution in [0.3, 0.4) is 0 Å². The summed E-state index contributed by atoms with van der Waals surface area (Å²) in [6.45, 7) is 1.36. The molecule has 4 rings (SSSR count). The highest BCUT2D eigenvalue weighted by Crippen LogP contribution is 2.32. The van der Waals surface area contributed by atoms with Gasteiger partial charge < -0.3 is 5.32 Å². The zero-order valence-corrected chi connectivity index (χ0v) is 15.8. The summed E-state index contributed by atoms with van der Waals surface area (Å²) in [6, 6.07) is 26.6. The number of nitro benzene ring substituents is 1. The van der Waals surface area contributed by atoms with Crippen molar-refractivity contribution in [2.45, 2.75) is 12.1 Å². The first-order valence-corrected chi connectivity index (χ1v) is 9.51. The van der Waals surface area contributed by atoms with Crippen molar-refractivity contribution in [1.29, 1.82) is 0 Å². The van der Waals surface area contributed by atoms with E-state index < -0.39 is 10.8 Å². The van der Waals surface area contributed by atoms with Gasteiger partial charge in [0, 0.05) is 19.2 Å². The van der Waals surface area contributed by atoms with Crippen molar-refractivity contribution in [2.75, 3.05) is 13.1 Å². The van der Waals surface area contributed by atoms with Gasteiger partial charge in [-0.25, -0.2) is 0 Å². The maximum Gasteiger partial charge on any atom is 0.282 e. The third-order valence-corrected chi connectivity index (χ3v) is 5.19. The Balaban J connectivity index is 1.47. The third kappa shape index (κ3) is 4.02. The smallest absolute Gasteiger partial charge is 0.282 e. The Hall–Kier alpha value is -3.51. The van der Waals surface area contributed by atoms with Crippen LogP contribution in [0.15, 0.2) is 84.9 Å². The first-order chi connectivity index (χ1) is 14.1. The minimum absolute atomic E-state index is 0.0442. The number of nitrogens with one attached hydrogen (secondary N) is 1. The second-order valence-corrected chi connectivity index (χ2v) is 7.12. The molecule has 0 radical (unpaired) electrons. The Bertz CT molecular complexity index is 963. The number of carbonyl (C=O) groups excluding carboxylic acids is 1. The van der Waals surface area contributed by atoms with Gasteiger partial charge in [-0.15, -0.1) is 0 Å². The lowest BCUT2D eigenvalue weighted by molar-refractivity contribution is -0.385. The van der Waals surface area contributed by atoms with E-state index in [2.05, 4.69) is 34.5 Å². The van der Waals surface area contributed by atoms with Gasteiger partial charge in [0.2, 0.25) is 0 Å². The molecule has 0 bridgehead atoms. The predicted octanol–water partition coefficient (Wildman–Crippen LogP) is 3.80. The van der Waals surface area contributed by atoms with Gasteiger partial charge in [-0.3, -0.25) is 19.8 Å². The van der Waals surface area contributed by atoms with Crippen LogP contribution in [0.5, 0.6) is 0 Å². The van der Waals surface area contributed by atoms with Crippen molar-refractivity contribution in [1.82, 2.24) is 10.2 Å². The predicted molar refractivity (Wildman–Crippen MR) is 111 cm³/mol. The molecule has 1 N–H and O–H groups in total. The van der Waals surface area contributed by atoms with E-state index in [9.17, 15) is 14.9 Å². The van der Waals surface area contributed by atoms with E-state index in [0.29, 0.717) is 13.1 Å². The fourth-order valence-corrected chi connectivity index (χ4v) is 3.79. The average Bonchev–Trinajstić information content (AvgIpc) is 2.73. The number of amides is 1. The topological polar surface area (TPSA) is 75.5 Å². The molecule has 6 nitrogen and oxygen atoms in total. The zero-order chi connectivity index (χ0) is 20.2. The molecule has 146 valence electrons. The first-order valence-electron chi connectivity index (χ1n) is 9.51. The van der Waals surface area contributed by atoms with Crippen molar-refractivity contribution < 1.29 is 9.72 Å². The average molecular weight is 387 g/mol. The molecule has 1 aliphatic rings. The van der Waals surface area contributed by atoms with Crippen LogP contribution in [0.25, 0.3) is 0 Å². The molecule has 0 spiro atoms. The van der Waals surface area contributed by atoms with Crippen LogP contribution < -0.4 is 5.32 Å². The second-order valence-electron chi connectivity index (χ2n) is 7.12. The van der Waals surface area contributed by atoms with E-state index in [1.165, 1.54) is 23.3 Å². The van der Waals surface area contributed by atoms with E-state index in [4.69, 9.17) is 0 Å². The molecule has 3 aromatic carbocycles. The van der Waals surface area contributed by atoms with Crippen LogP contribution in [0.4, 0.5) is 5.69 Å². The van der Waals surface area contributed by atoms with Crippen molar-refractivity contribution >= 4 is 11.6 Å². The molecule has 0 saturated carbocycles. The molecule has 1 saturated heterocycles. The highest BCUT2D eigenvalue weighted by atomic mass is 16.6. The molecule has 29 heavy (non-hydrogen) atoms. The molecule has 0 aromatic heterocycles. The van der Waals surface area contributed by atoms with E-state index in [-0.39, 0.29) is 23.3 Å². The Labute approximate surface area is 168 Å². The molecule has 1 fully saturated rings. The summed E-state index contributed by atoms with van der Waals surface area (Å²) in [5.74, 6) is -0.405. The first kappa shape index (κ1) is 18.8. The largest absolute Gasteiger partial charge is 0.346 e. The molecular formula is C23H21N3O3. The number of benzene rings is 3. The summed E-state index contributed by atoms with van der Waals surface area (Å²) in [4.78, 5) is 25.5. The standard InChI is InChI=1S/C23H21N3O3/c27-23(20-13-7-8-14-21(20)26(28)29)24-19-15-25(16-19)22(17-9-3-1-4-10-17)18-11-5-2-6-12-18/h1-14,19,22H,15-16H2,(H,24,27). The summed E-state index contributed by atoms with van der Waals surface area (Å²) in [7, 11) is 0. The van der Waals surface area contributed by atoms with Gasteiger partial charge in [0.15, 0.2) is 0 Å². The van der Waals surface area contributed by atoms with Gasteiger partial charge >= 0.3 is 0 Å². The van der Waals surface area contributed by atoms with Crippen LogP contribution in [0, 0.1) is 10.1 Å². The molecule has 6 heteroatoms. The fourth-order valence-electron chi connectivity index (χ4n) is 3.79. The molecule has 3 aromatic rings. The molecule has 0 aliphatic carbocycles. The summed E-state index contributed by atoms with van der Waals surface area (Å²) in [6.07, 6.45) is 0. The number of carbonyl (C=O) groups is 1. The lowest BCUT2D eigenvalue weighted by atomic mass is 9.93. The Morgan fingerprint density at radius 1 is 0.897 bits per heavy atom. The van der Waals surface area contributed by atoms with Gasteiger partial charge in [0.05, 0.1) is 17.0 Å². The van der Waals surface area contributed by atoms with Crippen molar-refractivity contribution in [2.24, 2.45) is 0 Å². The van der Waals surface area contributed by atoms with E-state index in [1.54, 1.807) is 12.1 Å². The Kier molecular flexibility index (Phi) is 5.35. The number of likely N-dealkylation sites (tertiary alicyclic amines) is 1. The summed E-state index contributed by atoms with van der Waals surface area (Å²) >= 11 is 0. The molecule has 1 heterocycles. The van der Waals surface area contributed by atoms with Crippen molar-refractivity contribution in [3.63, 3.8) is 0 Å². The number of hydrogen-bond donors (Lipinski definition) is 1. The number of para-hydroxylation sites is 1. The van der Waals surface area contributed by atoms with E-state index in [0.717, 1.165) is 0 Å². The van der Waals surface area contributed by atoms with Crippen LogP contribution in [0.1, 0.15) is 27.5 Å². The number of nitrogens with zero attached hydrogens (tertiary/aromatic N) is 2. The molecule has 1 aliphatic heterocycles. The fraction of sp³-hybridized carbons (Fsp3) is 0.174. The van der Waals surface area contributed by atoms with Crippen LogP contribution >= 0.6 is 0 Å². The monoisotopic (exact) mass is 387 g/mol. The highest BCUT2D eigenvalue weighted by molar-refractivity contribution is 5.98. The van der Waals surface area contributed by atoms with E-state index >= 15 is 0 Å². The zero-order valence-electron chi connectivity index (χ0n) is 15.8. The van der Waals surface area contributed by atoms with Gasteiger partial charge in [0.1, 0.15) is 5.56 Å². The Morgan fingerprint density at radius 3 is 1.97 bits per heavy atom. The van der Waals surface area contributed by atoms with Gasteiger partial charge in [-0.1, -0.05) is 72.8 Å². The van der Waals surface area contributed by atoms with Crippen molar-refractivity contribution in [3.05, 3.63) is 112 Å². The molecular weight excluding hydrogens is 366 g/mol. The second kappa shape index (κ2) is 8.24. The third-order valence-electron chi connectivity index (χ3n) is 5.19. The number of hydrogen-bond acceptors (Lipinski definition) is 4. The van der Waals surface area contributed by atoms with Gasteiger partial charge in [0.25, 0.3) is 11.6 Å². The van der Waals surface area contributed by atoms with Gasteiger partial charge in [-0.2, -0.15) is 0 Å². The van der Waals surface area contributed by atoms with Crippen molar-refractivity contribution in [3.8, 4) is 0 Å². The van der Waals surface area contributed by atoms with Crippen LogP contribution in [-0.2, 0) is 0 Å². The minimum atomic E-state index is -0.525. The number of nitro groups is 1.